The number of aromatic nitrogens is 4. The van der Waals surface area contributed by atoms with Gasteiger partial charge in [0.15, 0.2) is 5.78 Å². The van der Waals surface area contributed by atoms with E-state index < -0.39 is 23.5 Å². The quantitative estimate of drug-likeness (QED) is 0.170. The molecule has 39 heavy (non-hydrogen) atoms. The lowest BCUT2D eigenvalue weighted by Gasteiger charge is -2.08. The normalized spacial score (nSPS) is 12.1. The lowest BCUT2D eigenvalue weighted by molar-refractivity contribution is -0.138. The van der Waals surface area contributed by atoms with E-state index in [1.54, 1.807) is 22.9 Å². The number of carbonyl (C=O) groups excluding carboxylic acids is 1. The highest BCUT2D eigenvalue weighted by Crippen LogP contribution is 2.34. The first-order valence-corrected chi connectivity index (χ1v) is 11.2. The molecule has 0 radical (unpaired) electrons. The number of oxazole rings is 2. The van der Waals surface area contributed by atoms with Crippen molar-refractivity contribution in [3.63, 3.8) is 0 Å². The van der Waals surface area contributed by atoms with Crippen LogP contribution in [0, 0.1) is 0 Å². The fraction of sp³-hybridized carbons (Fsp3) is 0.115. The van der Waals surface area contributed by atoms with Gasteiger partial charge in [-0.1, -0.05) is 24.3 Å². The van der Waals surface area contributed by atoms with Gasteiger partial charge in [-0.05, 0) is 24.3 Å². The number of fused-ring (bicyclic) bond motifs is 2. The number of Topliss-reactive ketones (excluding diaryl/α,β-unsaturated/α-hetero) is 1. The molecular weight excluding hydrogens is 530 g/mol. The van der Waals surface area contributed by atoms with Crippen molar-refractivity contribution in [3.05, 3.63) is 96.5 Å². The van der Waals surface area contributed by atoms with Crippen molar-refractivity contribution in [3.8, 4) is 22.5 Å². The van der Waals surface area contributed by atoms with Crippen LogP contribution in [0.4, 0.5) is 26.3 Å². The molecule has 0 bridgehead atoms. The number of nitrogens with zero attached hydrogens (tertiary/aromatic N) is 4. The Kier molecular flexibility index (Phi) is 6.29. The molecule has 0 aliphatic heterocycles. The minimum absolute atomic E-state index is 0.160. The van der Waals surface area contributed by atoms with E-state index in [1.807, 2.05) is 0 Å². The van der Waals surface area contributed by atoms with Crippen molar-refractivity contribution >= 4 is 17.5 Å². The zero-order valence-corrected chi connectivity index (χ0v) is 19.8. The molecule has 0 aliphatic carbocycles. The predicted molar refractivity (Wildman–Crippen MR) is 126 cm³/mol. The number of benzene rings is 2. The monoisotopic (exact) mass is 546 g/mol. The number of hydrogen-bond acceptors (Lipinski definition) is 5. The molecule has 0 N–H and O–H groups in total. The fourth-order valence-corrected chi connectivity index (χ4v) is 3.89. The molecular formula is C26H16F6N4O3. The maximum Gasteiger partial charge on any atom is 0.416 e. The molecule has 0 saturated heterocycles. The van der Waals surface area contributed by atoms with E-state index >= 15 is 0 Å². The van der Waals surface area contributed by atoms with E-state index in [4.69, 9.17) is 8.83 Å². The van der Waals surface area contributed by atoms with E-state index in [-0.39, 0.29) is 28.6 Å². The summed E-state index contributed by atoms with van der Waals surface area (Å²) in [5.41, 5.74) is -0.0483. The Balaban J connectivity index is 0.000000160. The van der Waals surface area contributed by atoms with Gasteiger partial charge in [-0.3, -0.25) is 13.6 Å². The van der Waals surface area contributed by atoms with E-state index in [2.05, 4.69) is 9.97 Å². The second-order valence-corrected chi connectivity index (χ2v) is 8.30. The Bertz CT molecular complexity index is 1760. The minimum Gasteiger partial charge on any atom is -0.432 e. The van der Waals surface area contributed by atoms with E-state index in [0.29, 0.717) is 17.1 Å². The Morgan fingerprint density at radius 1 is 0.795 bits per heavy atom. The maximum absolute atomic E-state index is 12.8. The summed E-state index contributed by atoms with van der Waals surface area (Å²) in [6.07, 6.45) is -1.24. The maximum atomic E-state index is 12.8. The van der Waals surface area contributed by atoms with Gasteiger partial charge in [0.1, 0.15) is 23.9 Å². The number of alkyl halides is 6. The van der Waals surface area contributed by atoms with Crippen LogP contribution in [-0.4, -0.2) is 24.6 Å². The molecule has 0 aliphatic rings. The zero-order valence-electron chi connectivity index (χ0n) is 19.8. The second-order valence-electron chi connectivity index (χ2n) is 8.30. The van der Waals surface area contributed by atoms with Crippen LogP contribution in [0.1, 0.15) is 28.5 Å². The number of ketones is 1. The number of hydrogen-bond donors (Lipinski definition) is 0. The van der Waals surface area contributed by atoms with Crippen LogP contribution < -0.4 is 0 Å². The Labute approximate surface area is 214 Å². The Hall–Kier alpha value is -4.81. The summed E-state index contributed by atoms with van der Waals surface area (Å²) in [6, 6.07) is 9.74. The Morgan fingerprint density at radius 3 is 2.00 bits per heavy atom. The molecule has 6 aromatic rings. The van der Waals surface area contributed by atoms with E-state index in [9.17, 15) is 31.1 Å². The standard InChI is InChI=1S/C14H9F3N2O2.C12H7F3N2O/c1-8(20)12-11(18-13-19(12)5-6-21-13)9-3-2-4-10(7-9)14(15,16)17;13-12(14,15)9-3-1-2-8(6-9)10-7-17-4-5-18-11(17)16-10/h2-7H,1H3;1-7H. The first-order chi connectivity index (χ1) is 18.4. The van der Waals surface area contributed by atoms with Gasteiger partial charge in [0.05, 0.1) is 16.8 Å². The largest absolute Gasteiger partial charge is 0.432 e. The average Bonchev–Trinajstić information content (AvgIpc) is 3.64. The molecule has 6 rings (SSSR count). The average molecular weight is 546 g/mol. The SMILES string of the molecule is CC(=O)c1c(-c2cccc(C(F)(F)F)c2)nc2occn12.FC(F)(F)c1cccc(-c2cn3ccoc3n2)c1. The molecule has 4 aromatic heterocycles. The summed E-state index contributed by atoms with van der Waals surface area (Å²) in [4.78, 5) is 20.0. The molecule has 0 fully saturated rings. The molecule has 7 nitrogen and oxygen atoms in total. The number of rotatable bonds is 3. The second kappa shape index (κ2) is 9.49. The predicted octanol–water partition coefficient (Wildman–Crippen LogP) is 7.43. The highest BCUT2D eigenvalue weighted by molar-refractivity contribution is 5.99. The van der Waals surface area contributed by atoms with Crippen LogP contribution in [0.2, 0.25) is 0 Å². The lowest BCUT2D eigenvalue weighted by Crippen LogP contribution is -2.05. The van der Waals surface area contributed by atoms with Crippen LogP contribution in [0.25, 0.3) is 34.2 Å². The van der Waals surface area contributed by atoms with Gasteiger partial charge in [-0.2, -0.15) is 36.3 Å². The lowest BCUT2D eigenvalue weighted by atomic mass is 10.1. The molecule has 0 saturated carbocycles. The van der Waals surface area contributed by atoms with Crippen LogP contribution in [-0.2, 0) is 12.4 Å². The summed E-state index contributed by atoms with van der Waals surface area (Å²) in [5.74, 6) is 0.200. The fourth-order valence-electron chi connectivity index (χ4n) is 3.89. The summed E-state index contributed by atoms with van der Waals surface area (Å²) in [6.45, 7) is 1.33. The van der Waals surface area contributed by atoms with Crippen LogP contribution >= 0.6 is 0 Å². The van der Waals surface area contributed by atoms with Gasteiger partial charge in [-0.25, -0.2) is 0 Å². The minimum atomic E-state index is -4.45. The van der Waals surface area contributed by atoms with Crippen molar-refractivity contribution in [1.29, 1.82) is 0 Å². The van der Waals surface area contributed by atoms with E-state index in [1.165, 1.54) is 48.2 Å². The first-order valence-electron chi connectivity index (χ1n) is 11.2. The third-order valence-electron chi connectivity index (χ3n) is 5.64. The van der Waals surface area contributed by atoms with Crippen LogP contribution in [0.3, 0.4) is 0 Å². The zero-order chi connectivity index (χ0) is 27.9. The van der Waals surface area contributed by atoms with Crippen LogP contribution in [0.15, 0.2) is 88.5 Å². The van der Waals surface area contributed by atoms with Gasteiger partial charge in [0.25, 0.3) is 0 Å². The third-order valence-corrected chi connectivity index (χ3v) is 5.64. The number of carbonyl (C=O) groups is 1. The molecule has 0 spiro atoms. The molecule has 200 valence electrons. The topological polar surface area (TPSA) is 78.0 Å². The van der Waals surface area contributed by atoms with Gasteiger partial charge < -0.3 is 8.83 Å². The van der Waals surface area contributed by atoms with Crippen molar-refractivity contribution in [2.24, 2.45) is 0 Å². The molecule has 2 aromatic carbocycles. The summed E-state index contributed by atoms with van der Waals surface area (Å²) < 4.78 is 89.2. The van der Waals surface area contributed by atoms with Crippen LogP contribution in [0.5, 0.6) is 0 Å². The Morgan fingerprint density at radius 2 is 1.38 bits per heavy atom. The summed E-state index contributed by atoms with van der Waals surface area (Å²) in [5, 5.41) is 0. The highest BCUT2D eigenvalue weighted by atomic mass is 19.4. The van der Waals surface area contributed by atoms with Crippen molar-refractivity contribution in [1.82, 2.24) is 18.8 Å². The summed E-state index contributed by atoms with van der Waals surface area (Å²) >= 11 is 0. The number of imidazole rings is 2. The van der Waals surface area contributed by atoms with Crippen molar-refractivity contribution in [2.75, 3.05) is 0 Å². The molecule has 4 heterocycles. The third kappa shape index (κ3) is 5.15. The molecule has 13 heteroatoms. The van der Waals surface area contributed by atoms with Crippen molar-refractivity contribution in [2.45, 2.75) is 19.3 Å². The van der Waals surface area contributed by atoms with Gasteiger partial charge in [-0.15, -0.1) is 0 Å². The van der Waals surface area contributed by atoms with Gasteiger partial charge in [0.2, 0.25) is 0 Å². The van der Waals surface area contributed by atoms with Gasteiger partial charge >= 0.3 is 24.0 Å². The number of halogens is 6. The van der Waals surface area contributed by atoms with E-state index in [0.717, 1.165) is 24.3 Å². The molecule has 0 unspecified atom stereocenters. The molecule has 0 atom stereocenters. The first kappa shape index (κ1) is 25.8. The highest BCUT2D eigenvalue weighted by Gasteiger charge is 2.32. The summed E-state index contributed by atoms with van der Waals surface area (Å²) in [7, 11) is 0. The molecule has 0 amide bonds. The van der Waals surface area contributed by atoms with Crippen molar-refractivity contribution < 1.29 is 40.0 Å². The smallest absolute Gasteiger partial charge is 0.416 e. The van der Waals surface area contributed by atoms with Gasteiger partial charge in [0, 0.05) is 36.6 Å².